The Bertz CT molecular complexity index is 432. The summed E-state index contributed by atoms with van der Waals surface area (Å²) in [4.78, 5) is 11.2. The average Bonchev–Trinajstić information content (AvgIpc) is 2.41. The van der Waals surface area contributed by atoms with Crippen molar-refractivity contribution in [3.63, 3.8) is 0 Å². The van der Waals surface area contributed by atoms with E-state index in [1.54, 1.807) is 24.3 Å². The minimum Gasteiger partial charge on any atom is -0.507 e. The van der Waals surface area contributed by atoms with Crippen LogP contribution in [0.4, 0.5) is 0 Å². The van der Waals surface area contributed by atoms with Gasteiger partial charge in [0, 0.05) is 5.56 Å². The number of Topliss-reactive ketones (excluding diaryl/α,β-unsaturated/α-hetero) is 1. The zero-order valence-electron chi connectivity index (χ0n) is 7.69. The summed E-state index contributed by atoms with van der Waals surface area (Å²) in [7, 11) is 0. The smallest absolute Gasteiger partial charge is 0.162 e. The number of carbonyl (C=O) groups is 1. The lowest BCUT2D eigenvalue weighted by molar-refractivity contribution is -0.114. The highest BCUT2D eigenvalue weighted by Gasteiger charge is 2.31. The van der Waals surface area contributed by atoms with Gasteiger partial charge in [-0.15, -0.1) is 0 Å². The first-order valence-corrected chi connectivity index (χ1v) is 4.34. The lowest BCUT2D eigenvalue weighted by atomic mass is 10.1. The van der Waals surface area contributed by atoms with E-state index in [9.17, 15) is 15.0 Å². The lowest BCUT2D eigenvalue weighted by Gasteiger charge is -2.05. The molecule has 0 saturated heterocycles. The third kappa shape index (κ3) is 1.06. The highest BCUT2D eigenvalue weighted by Crippen LogP contribution is 2.38. The SMILES string of the molecule is CC(=O)C1=C(O)c2ccccc2C1O. The van der Waals surface area contributed by atoms with Gasteiger partial charge in [-0.25, -0.2) is 0 Å². The standard InChI is InChI=1S/C11H10O3/c1-6(12)9-10(13)7-4-2-3-5-8(7)11(9)14/h2-5,10,13-14H,1H3. The molecule has 0 radical (unpaired) electrons. The molecule has 1 atom stereocenters. The van der Waals surface area contributed by atoms with Gasteiger partial charge in [-0.3, -0.25) is 4.79 Å². The van der Waals surface area contributed by atoms with Crippen LogP contribution in [0.25, 0.3) is 5.76 Å². The number of carbonyl (C=O) groups excluding carboxylic acids is 1. The van der Waals surface area contributed by atoms with Gasteiger partial charge in [-0.2, -0.15) is 0 Å². The van der Waals surface area contributed by atoms with E-state index in [2.05, 4.69) is 0 Å². The summed E-state index contributed by atoms with van der Waals surface area (Å²) in [5.74, 6) is -0.396. The topological polar surface area (TPSA) is 57.5 Å². The van der Waals surface area contributed by atoms with E-state index < -0.39 is 6.10 Å². The molecule has 72 valence electrons. The number of fused-ring (bicyclic) bond motifs is 1. The predicted molar refractivity (Wildman–Crippen MR) is 51.6 cm³/mol. The summed E-state index contributed by atoms with van der Waals surface area (Å²) in [5, 5.41) is 19.4. The van der Waals surface area contributed by atoms with E-state index in [0.717, 1.165) is 0 Å². The summed E-state index contributed by atoms with van der Waals surface area (Å²) in [5.41, 5.74) is 1.23. The molecule has 1 aliphatic carbocycles. The van der Waals surface area contributed by atoms with Gasteiger partial charge in [-0.1, -0.05) is 24.3 Å². The number of aliphatic hydroxyl groups excluding tert-OH is 2. The first-order valence-electron chi connectivity index (χ1n) is 4.34. The van der Waals surface area contributed by atoms with Crippen LogP contribution in [0.2, 0.25) is 0 Å². The molecule has 1 aromatic rings. The van der Waals surface area contributed by atoms with Crippen molar-refractivity contribution in [1.82, 2.24) is 0 Å². The van der Waals surface area contributed by atoms with E-state index in [1.807, 2.05) is 0 Å². The van der Waals surface area contributed by atoms with E-state index >= 15 is 0 Å². The highest BCUT2D eigenvalue weighted by atomic mass is 16.3. The molecular weight excluding hydrogens is 180 g/mol. The van der Waals surface area contributed by atoms with Crippen molar-refractivity contribution in [1.29, 1.82) is 0 Å². The second-order valence-electron chi connectivity index (χ2n) is 3.31. The van der Waals surface area contributed by atoms with Crippen molar-refractivity contribution >= 4 is 11.5 Å². The Kier molecular flexibility index (Phi) is 1.89. The first-order chi connectivity index (χ1) is 6.63. The van der Waals surface area contributed by atoms with Crippen molar-refractivity contribution in [3.05, 3.63) is 41.0 Å². The summed E-state index contributed by atoms with van der Waals surface area (Å²) in [6.45, 7) is 1.33. The van der Waals surface area contributed by atoms with Crippen LogP contribution in [0.3, 0.4) is 0 Å². The summed E-state index contributed by atoms with van der Waals surface area (Å²) in [6.07, 6.45) is -0.983. The minimum atomic E-state index is -0.983. The molecular formula is C11H10O3. The number of hydrogen-bond acceptors (Lipinski definition) is 3. The van der Waals surface area contributed by atoms with Gasteiger partial charge < -0.3 is 10.2 Å². The molecule has 3 heteroatoms. The summed E-state index contributed by atoms with van der Waals surface area (Å²) >= 11 is 0. The normalized spacial score (nSPS) is 19.7. The van der Waals surface area contributed by atoms with Crippen molar-refractivity contribution < 1.29 is 15.0 Å². The van der Waals surface area contributed by atoms with Gasteiger partial charge in [-0.05, 0) is 12.5 Å². The van der Waals surface area contributed by atoms with Crippen LogP contribution in [0.1, 0.15) is 24.2 Å². The Morgan fingerprint density at radius 1 is 1.36 bits per heavy atom. The molecule has 0 aliphatic heterocycles. The average molecular weight is 190 g/mol. The Morgan fingerprint density at radius 2 is 2.00 bits per heavy atom. The van der Waals surface area contributed by atoms with Crippen molar-refractivity contribution in [2.24, 2.45) is 0 Å². The molecule has 1 aliphatic rings. The van der Waals surface area contributed by atoms with Crippen LogP contribution in [-0.2, 0) is 4.79 Å². The summed E-state index contributed by atoms with van der Waals surface area (Å²) < 4.78 is 0. The molecule has 0 fully saturated rings. The maximum atomic E-state index is 11.2. The Hall–Kier alpha value is -1.61. The molecule has 14 heavy (non-hydrogen) atoms. The minimum absolute atomic E-state index is 0.0891. The van der Waals surface area contributed by atoms with Gasteiger partial charge in [0.2, 0.25) is 0 Å². The van der Waals surface area contributed by atoms with Crippen molar-refractivity contribution in [3.8, 4) is 0 Å². The predicted octanol–water partition coefficient (Wildman–Crippen LogP) is 1.59. The van der Waals surface area contributed by atoms with Crippen LogP contribution in [0, 0.1) is 0 Å². The molecule has 0 aromatic heterocycles. The molecule has 0 amide bonds. The lowest BCUT2D eigenvalue weighted by Crippen LogP contribution is -2.04. The van der Waals surface area contributed by atoms with Gasteiger partial charge in [0.25, 0.3) is 0 Å². The molecule has 1 aromatic carbocycles. The molecule has 1 unspecified atom stereocenters. The largest absolute Gasteiger partial charge is 0.507 e. The monoisotopic (exact) mass is 190 g/mol. The van der Waals surface area contributed by atoms with E-state index in [0.29, 0.717) is 11.1 Å². The maximum absolute atomic E-state index is 11.2. The second-order valence-corrected chi connectivity index (χ2v) is 3.31. The number of benzene rings is 1. The maximum Gasteiger partial charge on any atom is 0.162 e. The second kappa shape index (κ2) is 2.96. The Labute approximate surface area is 81.3 Å². The third-order valence-corrected chi connectivity index (χ3v) is 2.42. The third-order valence-electron chi connectivity index (χ3n) is 2.42. The Balaban J connectivity index is 2.62. The molecule has 2 N–H and O–H groups in total. The number of ketones is 1. The van der Waals surface area contributed by atoms with Gasteiger partial charge in [0.1, 0.15) is 11.9 Å². The fourth-order valence-electron chi connectivity index (χ4n) is 1.74. The fraction of sp³-hybridized carbons (Fsp3) is 0.182. The molecule has 0 bridgehead atoms. The van der Waals surface area contributed by atoms with Crippen LogP contribution in [0.5, 0.6) is 0 Å². The van der Waals surface area contributed by atoms with Crippen LogP contribution < -0.4 is 0 Å². The molecule has 0 spiro atoms. The summed E-state index contributed by atoms with van der Waals surface area (Å²) in [6, 6.07) is 6.90. The molecule has 0 saturated carbocycles. The van der Waals surface area contributed by atoms with Crippen LogP contribution in [-0.4, -0.2) is 16.0 Å². The van der Waals surface area contributed by atoms with E-state index in [4.69, 9.17) is 0 Å². The Morgan fingerprint density at radius 3 is 2.57 bits per heavy atom. The number of hydrogen-bond donors (Lipinski definition) is 2. The zero-order valence-corrected chi connectivity index (χ0v) is 7.69. The van der Waals surface area contributed by atoms with E-state index in [1.165, 1.54) is 6.92 Å². The zero-order chi connectivity index (χ0) is 10.3. The number of rotatable bonds is 1. The van der Waals surface area contributed by atoms with Crippen molar-refractivity contribution in [2.75, 3.05) is 0 Å². The highest BCUT2D eigenvalue weighted by molar-refractivity contribution is 6.03. The van der Waals surface area contributed by atoms with Crippen LogP contribution in [0.15, 0.2) is 29.8 Å². The van der Waals surface area contributed by atoms with Gasteiger partial charge >= 0.3 is 0 Å². The quantitative estimate of drug-likeness (QED) is 0.707. The molecule has 0 heterocycles. The molecule has 2 rings (SSSR count). The first kappa shape index (κ1) is 8.97. The fourth-order valence-corrected chi connectivity index (χ4v) is 1.74. The van der Waals surface area contributed by atoms with Crippen LogP contribution >= 0.6 is 0 Å². The van der Waals surface area contributed by atoms with Gasteiger partial charge in [0.05, 0.1) is 5.57 Å². The molecule has 3 nitrogen and oxygen atoms in total. The number of aliphatic hydroxyl groups is 2. The van der Waals surface area contributed by atoms with Crippen molar-refractivity contribution in [2.45, 2.75) is 13.0 Å². The van der Waals surface area contributed by atoms with E-state index in [-0.39, 0.29) is 17.1 Å². The van der Waals surface area contributed by atoms with Gasteiger partial charge in [0.15, 0.2) is 5.78 Å².